The molecule has 0 bridgehead atoms. The standard InChI is InChI=1S/C16H21N5O/c1-20(2)13-7-5-4-6-12(13)17-16(22)18-15-10-14(11-8-9-11)21(3)19-15/h4-7,10-11H,8-9H2,1-3H3,(H2,17,18,19,22). The summed E-state index contributed by atoms with van der Waals surface area (Å²) in [5.41, 5.74) is 2.91. The maximum Gasteiger partial charge on any atom is 0.324 e. The summed E-state index contributed by atoms with van der Waals surface area (Å²) in [6.07, 6.45) is 2.42. The largest absolute Gasteiger partial charge is 0.376 e. The monoisotopic (exact) mass is 299 g/mol. The number of nitrogens with zero attached hydrogens (tertiary/aromatic N) is 3. The molecule has 2 N–H and O–H groups in total. The van der Waals surface area contributed by atoms with Gasteiger partial charge in [-0.25, -0.2) is 4.79 Å². The van der Waals surface area contributed by atoms with Gasteiger partial charge in [0.15, 0.2) is 5.82 Å². The highest BCUT2D eigenvalue weighted by atomic mass is 16.2. The van der Waals surface area contributed by atoms with Crippen molar-refractivity contribution in [2.45, 2.75) is 18.8 Å². The van der Waals surface area contributed by atoms with Crippen molar-refractivity contribution >= 4 is 23.2 Å². The van der Waals surface area contributed by atoms with Gasteiger partial charge in [0.05, 0.1) is 11.4 Å². The molecule has 1 fully saturated rings. The van der Waals surface area contributed by atoms with Crippen LogP contribution < -0.4 is 15.5 Å². The molecule has 1 aromatic carbocycles. The van der Waals surface area contributed by atoms with E-state index in [9.17, 15) is 4.79 Å². The predicted molar refractivity (Wildman–Crippen MR) is 88.6 cm³/mol. The van der Waals surface area contributed by atoms with Gasteiger partial charge in [0.1, 0.15) is 0 Å². The second-order valence-corrected chi connectivity index (χ2v) is 5.84. The second kappa shape index (κ2) is 5.71. The number of carbonyl (C=O) groups excluding carboxylic acids is 1. The number of aryl methyl sites for hydroxylation is 1. The van der Waals surface area contributed by atoms with Crippen molar-refractivity contribution in [1.82, 2.24) is 9.78 Å². The van der Waals surface area contributed by atoms with E-state index in [1.165, 1.54) is 18.5 Å². The first kappa shape index (κ1) is 14.4. The van der Waals surface area contributed by atoms with Crippen molar-refractivity contribution in [3.05, 3.63) is 36.0 Å². The first-order valence-corrected chi connectivity index (χ1v) is 7.43. The second-order valence-electron chi connectivity index (χ2n) is 5.84. The average molecular weight is 299 g/mol. The summed E-state index contributed by atoms with van der Waals surface area (Å²) in [6.45, 7) is 0. The van der Waals surface area contributed by atoms with Crippen molar-refractivity contribution in [3.8, 4) is 0 Å². The van der Waals surface area contributed by atoms with Gasteiger partial charge in [0, 0.05) is 38.8 Å². The number of hydrogen-bond acceptors (Lipinski definition) is 3. The lowest BCUT2D eigenvalue weighted by Crippen LogP contribution is -2.21. The van der Waals surface area contributed by atoms with Gasteiger partial charge in [-0.15, -0.1) is 0 Å². The van der Waals surface area contributed by atoms with Crippen LogP contribution in [0.15, 0.2) is 30.3 Å². The van der Waals surface area contributed by atoms with Crippen molar-refractivity contribution in [2.75, 3.05) is 29.6 Å². The summed E-state index contributed by atoms with van der Waals surface area (Å²) >= 11 is 0. The molecule has 3 rings (SSSR count). The Morgan fingerprint density at radius 3 is 2.68 bits per heavy atom. The lowest BCUT2D eigenvalue weighted by molar-refractivity contribution is 0.262. The Morgan fingerprint density at radius 1 is 1.27 bits per heavy atom. The van der Waals surface area contributed by atoms with E-state index in [1.807, 2.05) is 61.1 Å². The van der Waals surface area contributed by atoms with Crippen LogP contribution in [0.25, 0.3) is 0 Å². The fourth-order valence-electron chi connectivity index (χ4n) is 2.54. The first-order chi connectivity index (χ1) is 10.5. The molecular weight excluding hydrogens is 278 g/mol. The number of rotatable bonds is 4. The van der Waals surface area contributed by atoms with Gasteiger partial charge in [0.25, 0.3) is 0 Å². The summed E-state index contributed by atoms with van der Waals surface area (Å²) in [6, 6.07) is 9.35. The van der Waals surface area contributed by atoms with Crippen LogP contribution in [0.2, 0.25) is 0 Å². The zero-order valence-corrected chi connectivity index (χ0v) is 13.1. The highest BCUT2D eigenvalue weighted by molar-refractivity contribution is 6.01. The van der Waals surface area contributed by atoms with E-state index in [0.29, 0.717) is 11.7 Å². The number of amides is 2. The molecule has 0 radical (unpaired) electrons. The van der Waals surface area contributed by atoms with Crippen LogP contribution in [0, 0.1) is 0 Å². The van der Waals surface area contributed by atoms with Crippen LogP contribution in [0.4, 0.5) is 22.0 Å². The van der Waals surface area contributed by atoms with Gasteiger partial charge in [-0.3, -0.25) is 10.00 Å². The molecule has 6 heteroatoms. The molecular formula is C16H21N5O. The van der Waals surface area contributed by atoms with Gasteiger partial charge >= 0.3 is 6.03 Å². The van der Waals surface area contributed by atoms with Gasteiger partial charge < -0.3 is 10.2 Å². The van der Waals surface area contributed by atoms with E-state index < -0.39 is 0 Å². The van der Waals surface area contributed by atoms with E-state index in [-0.39, 0.29) is 6.03 Å². The highest BCUT2D eigenvalue weighted by Gasteiger charge is 2.27. The number of carbonyl (C=O) groups is 1. The quantitative estimate of drug-likeness (QED) is 0.912. The highest BCUT2D eigenvalue weighted by Crippen LogP contribution is 2.40. The number of urea groups is 1. The van der Waals surface area contributed by atoms with Crippen LogP contribution in [0.1, 0.15) is 24.5 Å². The van der Waals surface area contributed by atoms with Gasteiger partial charge in [-0.05, 0) is 25.0 Å². The SMILES string of the molecule is CN(C)c1ccccc1NC(=O)Nc1cc(C2CC2)n(C)n1. The summed E-state index contributed by atoms with van der Waals surface area (Å²) in [5, 5.41) is 10.0. The van der Waals surface area contributed by atoms with Crippen molar-refractivity contribution < 1.29 is 4.79 Å². The number of nitrogens with one attached hydrogen (secondary N) is 2. The number of benzene rings is 1. The summed E-state index contributed by atoms with van der Waals surface area (Å²) in [4.78, 5) is 14.1. The van der Waals surface area contributed by atoms with Gasteiger partial charge in [-0.2, -0.15) is 5.10 Å². The Bertz CT molecular complexity index is 688. The maximum absolute atomic E-state index is 12.2. The predicted octanol–water partition coefficient (Wildman–Crippen LogP) is 3.01. The maximum atomic E-state index is 12.2. The topological polar surface area (TPSA) is 62.2 Å². The first-order valence-electron chi connectivity index (χ1n) is 7.43. The lowest BCUT2D eigenvalue weighted by Gasteiger charge is -2.17. The zero-order chi connectivity index (χ0) is 15.7. The molecule has 0 spiro atoms. The average Bonchev–Trinajstić information content (AvgIpc) is 3.23. The van der Waals surface area contributed by atoms with E-state index in [2.05, 4.69) is 15.7 Å². The van der Waals surface area contributed by atoms with Crippen molar-refractivity contribution in [1.29, 1.82) is 0 Å². The fraction of sp³-hybridized carbons (Fsp3) is 0.375. The molecule has 1 saturated carbocycles. The number of hydrogen-bond donors (Lipinski definition) is 2. The van der Waals surface area contributed by atoms with Crippen LogP contribution in [-0.4, -0.2) is 29.9 Å². The summed E-state index contributed by atoms with van der Waals surface area (Å²) in [5.74, 6) is 1.19. The van der Waals surface area contributed by atoms with Crippen LogP contribution in [0.3, 0.4) is 0 Å². The third kappa shape index (κ3) is 3.05. The Labute approximate surface area is 130 Å². The molecule has 6 nitrogen and oxygen atoms in total. The van der Waals surface area contributed by atoms with Gasteiger partial charge in [0.2, 0.25) is 0 Å². The zero-order valence-electron chi connectivity index (χ0n) is 13.1. The Hall–Kier alpha value is -2.50. The van der Waals surface area contributed by atoms with Gasteiger partial charge in [-0.1, -0.05) is 12.1 Å². The smallest absolute Gasteiger partial charge is 0.324 e. The Morgan fingerprint density at radius 2 is 2.00 bits per heavy atom. The van der Waals surface area contributed by atoms with E-state index >= 15 is 0 Å². The molecule has 22 heavy (non-hydrogen) atoms. The van der Waals surface area contributed by atoms with Crippen LogP contribution >= 0.6 is 0 Å². The number of para-hydroxylation sites is 2. The third-order valence-electron chi connectivity index (χ3n) is 3.79. The van der Waals surface area contributed by atoms with E-state index in [4.69, 9.17) is 0 Å². The molecule has 1 aromatic heterocycles. The Balaban J connectivity index is 1.69. The minimum atomic E-state index is -0.283. The molecule has 1 aliphatic carbocycles. The fourth-order valence-corrected chi connectivity index (χ4v) is 2.54. The number of anilines is 3. The Kier molecular flexibility index (Phi) is 3.75. The normalized spacial score (nSPS) is 13.8. The van der Waals surface area contributed by atoms with Crippen LogP contribution in [0.5, 0.6) is 0 Å². The molecule has 116 valence electrons. The summed E-state index contributed by atoms with van der Waals surface area (Å²) in [7, 11) is 5.80. The molecule has 2 amide bonds. The molecule has 0 atom stereocenters. The van der Waals surface area contributed by atoms with Crippen molar-refractivity contribution in [3.63, 3.8) is 0 Å². The third-order valence-corrected chi connectivity index (χ3v) is 3.79. The summed E-state index contributed by atoms with van der Waals surface area (Å²) < 4.78 is 1.85. The number of aromatic nitrogens is 2. The van der Waals surface area contributed by atoms with E-state index in [1.54, 1.807) is 0 Å². The van der Waals surface area contributed by atoms with Crippen molar-refractivity contribution in [2.24, 2.45) is 7.05 Å². The molecule has 1 aliphatic rings. The molecule has 1 heterocycles. The van der Waals surface area contributed by atoms with Crippen LogP contribution in [-0.2, 0) is 7.05 Å². The molecule has 0 unspecified atom stereocenters. The molecule has 0 saturated heterocycles. The minimum absolute atomic E-state index is 0.283. The molecule has 2 aromatic rings. The van der Waals surface area contributed by atoms with E-state index in [0.717, 1.165) is 11.4 Å². The minimum Gasteiger partial charge on any atom is -0.376 e. The lowest BCUT2D eigenvalue weighted by atomic mass is 10.2. The molecule has 0 aliphatic heterocycles.